The minimum Gasteiger partial charge on any atom is -0.484 e. The summed E-state index contributed by atoms with van der Waals surface area (Å²) in [6.45, 7) is -0.178. The maximum Gasteiger partial charge on any atom is 0.264 e. The third-order valence-corrected chi connectivity index (χ3v) is 5.83. The molecule has 0 spiro atoms. The van der Waals surface area contributed by atoms with E-state index in [1.54, 1.807) is 23.1 Å². The molecule has 1 aromatic carbocycles. The zero-order valence-electron chi connectivity index (χ0n) is 12.3. The summed E-state index contributed by atoms with van der Waals surface area (Å²) in [7, 11) is 0. The van der Waals surface area contributed by atoms with Gasteiger partial charge in [-0.25, -0.2) is 4.39 Å². The minimum atomic E-state index is -0.353. The quantitative estimate of drug-likeness (QED) is 0.494. The number of halogens is 1. The molecule has 0 aliphatic carbocycles. The summed E-state index contributed by atoms with van der Waals surface area (Å²) >= 11 is 4.58. The van der Waals surface area contributed by atoms with Gasteiger partial charge in [0.2, 0.25) is 5.13 Å². The Morgan fingerprint density at radius 2 is 2.08 bits per heavy atom. The van der Waals surface area contributed by atoms with Crippen LogP contribution in [-0.2, 0) is 10.5 Å². The van der Waals surface area contributed by atoms with Crippen LogP contribution in [0.3, 0.4) is 0 Å². The molecule has 0 atom stereocenters. The molecule has 0 radical (unpaired) electrons. The second kappa shape index (κ2) is 8.22. The lowest BCUT2D eigenvalue weighted by Gasteiger charge is -2.05. The van der Waals surface area contributed by atoms with Gasteiger partial charge in [0.1, 0.15) is 11.6 Å². The first-order valence-corrected chi connectivity index (χ1v) is 9.54. The average molecular weight is 381 g/mol. The number of hydrogen-bond acceptors (Lipinski definition) is 7. The Kier molecular flexibility index (Phi) is 5.78. The molecular weight excluding hydrogens is 369 g/mol. The fourth-order valence-electron chi connectivity index (χ4n) is 1.68. The third kappa shape index (κ3) is 5.02. The molecule has 2 heterocycles. The molecule has 0 bridgehead atoms. The third-order valence-electron chi connectivity index (χ3n) is 2.75. The van der Waals surface area contributed by atoms with Gasteiger partial charge in [0.25, 0.3) is 5.91 Å². The van der Waals surface area contributed by atoms with Gasteiger partial charge in [-0.3, -0.25) is 10.1 Å². The number of carbonyl (C=O) groups is 1. The molecule has 0 aliphatic rings. The van der Waals surface area contributed by atoms with Crippen LogP contribution in [-0.4, -0.2) is 22.7 Å². The van der Waals surface area contributed by atoms with Crippen molar-refractivity contribution in [3.63, 3.8) is 0 Å². The van der Waals surface area contributed by atoms with Crippen molar-refractivity contribution < 1.29 is 13.9 Å². The second-order valence-corrected chi connectivity index (χ2v) is 7.76. The summed E-state index contributed by atoms with van der Waals surface area (Å²) < 4.78 is 18.8. The van der Waals surface area contributed by atoms with Crippen LogP contribution < -0.4 is 10.1 Å². The standard InChI is InChI=1S/C15H12FN3O2S3/c16-10-3-5-11(6-4-10)21-8-13(20)17-14-18-19-15(24-14)23-9-12-2-1-7-22-12/h1-7H,8-9H2,(H,17,18,20). The molecule has 24 heavy (non-hydrogen) atoms. The van der Waals surface area contributed by atoms with E-state index in [1.807, 2.05) is 11.4 Å². The SMILES string of the molecule is O=C(COc1ccc(F)cc1)Nc1nnc(SCc2cccs2)s1. The number of nitrogens with one attached hydrogen (secondary N) is 1. The minimum absolute atomic E-state index is 0.178. The monoisotopic (exact) mass is 381 g/mol. The summed E-state index contributed by atoms with van der Waals surface area (Å²) in [5, 5.41) is 13.1. The van der Waals surface area contributed by atoms with Gasteiger partial charge in [-0.05, 0) is 35.7 Å². The van der Waals surface area contributed by atoms with Crippen LogP contribution in [0.2, 0.25) is 0 Å². The summed E-state index contributed by atoms with van der Waals surface area (Å²) in [6, 6.07) is 9.55. The normalized spacial score (nSPS) is 10.5. The van der Waals surface area contributed by atoms with Gasteiger partial charge in [0, 0.05) is 10.6 Å². The fraction of sp³-hybridized carbons (Fsp3) is 0.133. The summed E-state index contributed by atoms with van der Waals surface area (Å²) in [4.78, 5) is 13.1. The first-order valence-electron chi connectivity index (χ1n) is 6.86. The predicted molar refractivity (Wildman–Crippen MR) is 94.3 cm³/mol. The molecule has 1 N–H and O–H groups in total. The van der Waals surface area contributed by atoms with E-state index in [4.69, 9.17) is 4.74 Å². The van der Waals surface area contributed by atoms with E-state index in [-0.39, 0.29) is 18.3 Å². The Balaban J connectivity index is 1.45. The van der Waals surface area contributed by atoms with Crippen LogP contribution in [0, 0.1) is 5.82 Å². The van der Waals surface area contributed by atoms with Gasteiger partial charge in [0.15, 0.2) is 10.9 Å². The first kappa shape index (κ1) is 16.9. The predicted octanol–water partition coefficient (Wildman–Crippen LogP) is 4.05. The molecule has 3 rings (SSSR count). The highest BCUT2D eigenvalue weighted by Crippen LogP contribution is 2.29. The molecule has 3 aromatic rings. The molecular formula is C15H12FN3O2S3. The number of hydrogen-bond donors (Lipinski definition) is 1. The molecule has 0 unspecified atom stereocenters. The van der Waals surface area contributed by atoms with Crippen molar-refractivity contribution in [2.24, 2.45) is 0 Å². The van der Waals surface area contributed by atoms with Crippen molar-refractivity contribution in [3.05, 3.63) is 52.5 Å². The van der Waals surface area contributed by atoms with Crippen LogP contribution in [0.5, 0.6) is 5.75 Å². The van der Waals surface area contributed by atoms with Gasteiger partial charge in [-0.2, -0.15) is 0 Å². The molecule has 1 amide bonds. The van der Waals surface area contributed by atoms with E-state index in [9.17, 15) is 9.18 Å². The van der Waals surface area contributed by atoms with E-state index in [1.165, 1.54) is 40.5 Å². The topological polar surface area (TPSA) is 64.1 Å². The lowest BCUT2D eigenvalue weighted by atomic mass is 10.3. The lowest BCUT2D eigenvalue weighted by molar-refractivity contribution is -0.118. The van der Waals surface area contributed by atoms with Crippen molar-refractivity contribution in [1.29, 1.82) is 0 Å². The highest BCUT2D eigenvalue weighted by atomic mass is 32.2. The Labute approximate surface area is 149 Å². The van der Waals surface area contributed by atoms with Gasteiger partial charge in [-0.1, -0.05) is 29.2 Å². The zero-order valence-corrected chi connectivity index (χ0v) is 14.7. The number of thioether (sulfide) groups is 1. The Hall–Kier alpha value is -1.97. The molecule has 0 saturated heterocycles. The molecule has 5 nitrogen and oxygen atoms in total. The number of thiophene rings is 1. The van der Waals surface area contributed by atoms with Gasteiger partial charge in [0.05, 0.1) is 0 Å². The van der Waals surface area contributed by atoms with E-state index in [2.05, 4.69) is 21.6 Å². The molecule has 0 fully saturated rings. The number of carbonyl (C=O) groups excluding carboxylic acids is 1. The van der Waals surface area contributed by atoms with Crippen LogP contribution >= 0.6 is 34.4 Å². The highest BCUT2D eigenvalue weighted by molar-refractivity contribution is 8.00. The smallest absolute Gasteiger partial charge is 0.264 e. The summed E-state index contributed by atoms with van der Waals surface area (Å²) in [5.41, 5.74) is 0. The van der Waals surface area contributed by atoms with Crippen molar-refractivity contribution >= 4 is 45.5 Å². The Morgan fingerprint density at radius 3 is 2.83 bits per heavy atom. The number of anilines is 1. The van der Waals surface area contributed by atoms with E-state index < -0.39 is 0 Å². The molecule has 0 saturated carbocycles. The summed E-state index contributed by atoms with van der Waals surface area (Å²) in [5.74, 6) is 0.558. The Bertz CT molecular complexity index is 791. The van der Waals surface area contributed by atoms with E-state index in [0.717, 1.165) is 10.1 Å². The second-order valence-electron chi connectivity index (χ2n) is 4.53. The average Bonchev–Trinajstić information content (AvgIpc) is 3.24. The van der Waals surface area contributed by atoms with Crippen molar-refractivity contribution in [3.8, 4) is 5.75 Å². The Morgan fingerprint density at radius 1 is 1.25 bits per heavy atom. The van der Waals surface area contributed by atoms with Crippen LogP contribution in [0.15, 0.2) is 46.1 Å². The fourth-order valence-corrected chi connectivity index (χ4v) is 4.22. The molecule has 9 heteroatoms. The largest absolute Gasteiger partial charge is 0.484 e. The van der Waals surface area contributed by atoms with Crippen molar-refractivity contribution in [2.45, 2.75) is 10.1 Å². The first-order chi connectivity index (χ1) is 11.7. The number of benzene rings is 1. The number of aromatic nitrogens is 2. The zero-order chi connectivity index (χ0) is 16.8. The van der Waals surface area contributed by atoms with Crippen LogP contribution in [0.25, 0.3) is 0 Å². The highest BCUT2D eigenvalue weighted by Gasteiger charge is 2.10. The molecule has 2 aromatic heterocycles. The van der Waals surface area contributed by atoms with Gasteiger partial charge in [-0.15, -0.1) is 21.5 Å². The van der Waals surface area contributed by atoms with Crippen molar-refractivity contribution in [1.82, 2.24) is 10.2 Å². The summed E-state index contributed by atoms with van der Waals surface area (Å²) in [6.07, 6.45) is 0. The molecule has 124 valence electrons. The number of nitrogens with zero attached hydrogens (tertiary/aromatic N) is 2. The van der Waals surface area contributed by atoms with E-state index in [0.29, 0.717) is 10.9 Å². The number of ether oxygens (including phenoxy) is 1. The maximum atomic E-state index is 12.8. The van der Waals surface area contributed by atoms with Crippen LogP contribution in [0.1, 0.15) is 4.88 Å². The van der Waals surface area contributed by atoms with E-state index >= 15 is 0 Å². The van der Waals surface area contributed by atoms with Crippen molar-refractivity contribution in [2.75, 3.05) is 11.9 Å². The van der Waals surface area contributed by atoms with Gasteiger partial charge >= 0.3 is 0 Å². The number of rotatable bonds is 7. The number of amides is 1. The van der Waals surface area contributed by atoms with Crippen LogP contribution in [0.4, 0.5) is 9.52 Å². The lowest BCUT2D eigenvalue weighted by Crippen LogP contribution is -2.20. The maximum absolute atomic E-state index is 12.8. The van der Waals surface area contributed by atoms with Gasteiger partial charge < -0.3 is 4.74 Å². The molecule has 0 aliphatic heterocycles.